The predicted octanol–water partition coefficient (Wildman–Crippen LogP) is 4.35. The van der Waals surface area contributed by atoms with E-state index in [-0.39, 0.29) is 5.60 Å². The van der Waals surface area contributed by atoms with E-state index in [2.05, 4.69) is 13.0 Å². The van der Waals surface area contributed by atoms with E-state index in [0.717, 1.165) is 30.9 Å². The van der Waals surface area contributed by atoms with Crippen LogP contribution in [0.1, 0.15) is 46.1 Å². The van der Waals surface area contributed by atoms with Crippen LogP contribution in [0.5, 0.6) is 11.5 Å². The van der Waals surface area contributed by atoms with Crippen molar-refractivity contribution in [2.75, 3.05) is 6.61 Å². The summed E-state index contributed by atoms with van der Waals surface area (Å²) >= 11 is 0. The van der Waals surface area contributed by atoms with E-state index in [9.17, 15) is 0 Å². The molecule has 96 valence electrons. The molecule has 2 heteroatoms. The van der Waals surface area contributed by atoms with E-state index in [1.54, 1.807) is 0 Å². The Labute approximate surface area is 105 Å². The molecule has 0 N–H and O–H groups in total. The van der Waals surface area contributed by atoms with E-state index in [1.165, 1.54) is 5.56 Å². The van der Waals surface area contributed by atoms with Gasteiger partial charge in [-0.1, -0.05) is 33.8 Å². The summed E-state index contributed by atoms with van der Waals surface area (Å²) in [7, 11) is 0. The van der Waals surface area contributed by atoms with Crippen LogP contribution in [0, 0.1) is 6.92 Å². The second kappa shape index (κ2) is 5.95. The van der Waals surface area contributed by atoms with E-state index in [1.807, 2.05) is 39.8 Å². The molecule has 0 radical (unpaired) electrons. The van der Waals surface area contributed by atoms with Gasteiger partial charge in [0.25, 0.3) is 0 Å². The lowest BCUT2D eigenvalue weighted by atomic mass is 10.2. The van der Waals surface area contributed by atoms with Crippen LogP contribution in [0.4, 0.5) is 0 Å². The van der Waals surface area contributed by atoms with E-state index < -0.39 is 0 Å². The van der Waals surface area contributed by atoms with E-state index in [4.69, 9.17) is 9.47 Å². The van der Waals surface area contributed by atoms with Crippen molar-refractivity contribution < 1.29 is 9.47 Å². The molecule has 1 saturated carbocycles. The molecule has 1 heterocycles. The number of hydrogen-bond acceptors (Lipinski definition) is 2. The average Bonchev–Trinajstić information content (AvgIpc) is 3.13. The Kier molecular flexibility index (Phi) is 4.86. The molecule has 0 atom stereocenters. The van der Waals surface area contributed by atoms with Gasteiger partial charge in [0, 0.05) is 0 Å². The van der Waals surface area contributed by atoms with Gasteiger partial charge in [-0.2, -0.15) is 0 Å². The Hall–Kier alpha value is -1.18. The summed E-state index contributed by atoms with van der Waals surface area (Å²) in [5.74, 6) is 1.81. The second-order valence-corrected chi connectivity index (χ2v) is 4.02. The van der Waals surface area contributed by atoms with E-state index >= 15 is 0 Å². The molecule has 2 nitrogen and oxygen atoms in total. The van der Waals surface area contributed by atoms with Crippen molar-refractivity contribution in [1.82, 2.24) is 0 Å². The SMILES string of the molecule is CC.CC.Cc1ccc2c(c1)OC1(CC1)CO2. The quantitative estimate of drug-likeness (QED) is 0.666. The minimum atomic E-state index is 0.0425. The highest BCUT2D eigenvalue weighted by Gasteiger charge is 2.49. The topological polar surface area (TPSA) is 18.5 Å². The number of rotatable bonds is 0. The van der Waals surface area contributed by atoms with Crippen LogP contribution in [0.25, 0.3) is 0 Å². The maximum atomic E-state index is 5.89. The largest absolute Gasteiger partial charge is 0.486 e. The van der Waals surface area contributed by atoms with Crippen molar-refractivity contribution in [2.45, 2.75) is 53.1 Å². The van der Waals surface area contributed by atoms with Crippen molar-refractivity contribution in [3.63, 3.8) is 0 Å². The van der Waals surface area contributed by atoms with Crippen LogP contribution in [-0.4, -0.2) is 12.2 Å². The molecular formula is C15H24O2. The predicted molar refractivity (Wildman–Crippen MR) is 72.0 cm³/mol. The molecule has 0 unspecified atom stereocenters. The van der Waals surface area contributed by atoms with Gasteiger partial charge in [0.05, 0.1) is 0 Å². The van der Waals surface area contributed by atoms with Crippen LogP contribution in [0.15, 0.2) is 18.2 Å². The molecule has 0 amide bonds. The standard InChI is InChI=1S/C11H12O2.2C2H6/c1-8-2-3-9-10(6-8)13-11(4-5-11)7-12-9;2*1-2/h2-3,6H,4-5,7H2,1H3;2*1-2H3. The van der Waals surface area contributed by atoms with Gasteiger partial charge in [0.1, 0.15) is 12.2 Å². The van der Waals surface area contributed by atoms with Crippen molar-refractivity contribution >= 4 is 0 Å². The summed E-state index contributed by atoms with van der Waals surface area (Å²) in [5, 5.41) is 0. The molecule has 17 heavy (non-hydrogen) atoms. The van der Waals surface area contributed by atoms with Gasteiger partial charge in [0.2, 0.25) is 0 Å². The van der Waals surface area contributed by atoms with Gasteiger partial charge in [-0.05, 0) is 37.5 Å². The average molecular weight is 236 g/mol. The van der Waals surface area contributed by atoms with Gasteiger partial charge < -0.3 is 9.47 Å². The molecule has 1 aliphatic carbocycles. The number of ether oxygens (including phenoxy) is 2. The van der Waals surface area contributed by atoms with Crippen LogP contribution >= 0.6 is 0 Å². The van der Waals surface area contributed by atoms with Crippen molar-refractivity contribution in [3.05, 3.63) is 23.8 Å². The maximum Gasteiger partial charge on any atom is 0.162 e. The Balaban J connectivity index is 0.000000330. The third-order valence-electron chi connectivity index (χ3n) is 2.72. The number of hydrogen-bond donors (Lipinski definition) is 0. The number of benzene rings is 1. The zero-order chi connectivity index (χ0) is 12.9. The summed E-state index contributed by atoms with van der Waals surface area (Å²) in [4.78, 5) is 0. The third kappa shape index (κ3) is 3.15. The van der Waals surface area contributed by atoms with Gasteiger partial charge >= 0.3 is 0 Å². The van der Waals surface area contributed by atoms with Crippen molar-refractivity contribution in [3.8, 4) is 11.5 Å². The first kappa shape index (κ1) is 13.9. The van der Waals surface area contributed by atoms with Crippen molar-refractivity contribution in [2.24, 2.45) is 0 Å². The highest BCUT2D eigenvalue weighted by molar-refractivity contribution is 5.44. The van der Waals surface area contributed by atoms with Crippen LogP contribution in [0.3, 0.4) is 0 Å². The molecular weight excluding hydrogens is 212 g/mol. The highest BCUT2D eigenvalue weighted by atomic mass is 16.6. The summed E-state index contributed by atoms with van der Waals surface area (Å²) in [6.45, 7) is 10.8. The molecule has 0 aromatic heterocycles. The lowest BCUT2D eigenvalue weighted by molar-refractivity contribution is 0.0717. The molecule has 1 aliphatic heterocycles. The molecule has 1 aromatic rings. The molecule has 1 aromatic carbocycles. The van der Waals surface area contributed by atoms with E-state index in [0.29, 0.717) is 0 Å². The van der Waals surface area contributed by atoms with Gasteiger partial charge in [-0.15, -0.1) is 0 Å². The second-order valence-electron chi connectivity index (χ2n) is 4.02. The number of fused-ring (bicyclic) bond motifs is 1. The Morgan fingerprint density at radius 3 is 2.24 bits per heavy atom. The third-order valence-corrected chi connectivity index (χ3v) is 2.72. The summed E-state index contributed by atoms with van der Waals surface area (Å²) in [6, 6.07) is 6.08. The molecule has 3 rings (SSSR count). The molecule has 2 aliphatic rings. The number of aryl methyl sites for hydroxylation is 1. The van der Waals surface area contributed by atoms with Crippen LogP contribution in [0.2, 0.25) is 0 Å². The van der Waals surface area contributed by atoms with Crippen molar-refractivity contribution in [1.29, 1.82) is 0 Å². The smallest absolute Gasteiger partial charge is 0.162 e. The first-order valence-corrected chi connectivity index (χ1v) is 6.70. The zero-order valence-corrected chi connectivity index (χ0v) is 11.7. The monoisotopic (exact) mass is 236 g/mol. The van der Waals surface area contributed by atoms with Gasteiger partial charge in [-0.3, -0.25) is 0 Å². The molecule has 0 bridgehead atoms. The minimum absolute atomic E-state index is 0.0425. The minimum Gasteiger partial charge on any atom is -0.486 e. The summed E-state index contributed by atoms with van der Waals surface area (Å²) < 4.78 is 11.5. The normalized spacial score (nSPS) is 17.2. The lowest BCUT2D eigenvalue weighted by Gasteiger charge is -2.26. The maximum absolute atomic E-state index is 5.89. The fourth-order valence-electron chi connectivity index (χ4n) is 1.67. The van der Waals surface area contributed by atoms with Crippen LogP contribution < -0.4 is 9.47 Å². The first-order valence-electron chi connectivity index (χ1n) is 6.70. The summed E-state index contributed by atoms with van der Waals surface area (Å²) in [5.41, 5.74) is 1.26. The molecule has 1 fully saturated rings. The highest BCUT2D eigenvalue weighted by Crippen LogP contribution is 2.47. The Morgan fingerprint density at radius 2 is 1.65 bits per heavy atom. The molecule has 0 saturated heterocycles. The fourth-order valence-corrected chi connectivity index (χ4v) is 1.67. The Bertz CT molecular complexity index is 354. The molecule has 1 spiro atoms. The van der Waals surface area contributed by atoms with Gasteiger partial charge in [-0.25, -0.2) is 0 Å². The Morgan fingerprint density at radius 1 is 1.00 bits per heavy atom. The zero-order valence-electron chi connectivity index (χ0n) is 11.7. The van der Waals surface area contributed by atoms with Crippen LogP contribution in [-0.2, 0) is 0 Å². The fraction of sp³-hybridized carbons (Fsp3) is 0.600. The first-order chi connectivity index (χ1) is 8.27. The summed E-state index contributed by atoms with van der Waals surface area (Å²) in [6.07, 6.45) is 2.28. The lowest BCUT2D eigenvalue weighted by Crippen LogP contribution is -2.30. The van der Waals surface area contributed by atoms with Gasteiger partial charge in [0.15, 0.2) is 11.5 Å².